The molecule has 1 heterocycles. The predicted molar refractivity (Wildman–Crippen MR) is 69.4 cm³/mol. The lowest BCUT2D eigenvalue weighted by Crippen LogP contribution is -2.48. The van der Waals surface area contributed by atoms with E-state index in [1.165, 1.54) is 0 Å². The fourth-order valence-electron chi connectivity index (χ4n) is 1.70. The van der Waals surface area contributed by atoms with Gasteiger partial charge in [-0.1, -0.05) is 26.1 Å². The van der Waals surface area contributed by atoms with Crippen LogP contribution in [0.4, 0.5) is 0 Å². The van der Waals surface area contributed by atoms with Crippen LogP contribution in [0.1, 0.15) is 26.7 Å². The van der Waals surface area contributed by atoms with Crippen molar-refractivity contribution in [3.63, 3.8) is 0 Å². The maximum absolute atomic E-state index is 11.8. The summed E-state index contributed by atoms with van der Waals surface area (Å²) < 4.78 is 0. The van der Waals surface area contributed by atoms with Crippen LogP contribution in [0.2, 0.25) is 0 Å². The Labute approximate surface area is 107 Å². The number of nitrogens with zero attached hydrogens (tertiary/aromatic N) is 1. The maximum atomic E-state index is 11.8. The highest BCUT2D eigenvalue weighted by Gasteiger charge is 2.30. The lowest BCUT2D eigenvalue weighted by Gasteiger charge is -2.36. The molecule has 17 heavy (non-hydrogen) atoms. The van der Waals surface area contributed by atoms with Crippen LogP contribution in [0.15, 0.2) is 0 Å². The van der Waals surface area contributed by atoms with Gasteiger partial charge in [-0.05, 0) is 18.3 Å². The van der Waals surface area contributed by atoms with E-state index in [2.05, 4.69) is 31.4 Å². The summed E-state index contributed by atoms with van der Waals surface area (Å²) in [6.07, 6.45) is 1.84. The van der Waals surface area contributed by atoms with E-state index in [1.54, 1.807) is 4.90 Å². The number of piperidine rings is 1. The van der Waals surface area contributed by atoms with Gasteiger partial charge in [0, 0.05) is 13.1 Å². The molecule has 0 radical (unpaired) electrons. The zero-order valence-corrected chi connectivity index (χ0v) is 11.1. The van der Waals surface area contributed by atoms with Crippen molar-refractivity contribution in [3.05, 3.63) is 0 Å². The molecule has 5 nitrogen and oxygen atoms in total. The summed E-state index contributed by atoms with van der Waals surface area (Å²) >= 11 is 4.63. The second kappa shape index (κ2) is 5.44. The minimum Gasteiger partial charge on any atom is -0.392 e. The van der Waals surface area contributed by atoms with Crippen LogP contribution in [0, 0.1) is 5.41 Å². The number of nitrogens with one attached hydrogen (secondary N) is 1. The van der Waals surface area contributed by atoms with E-state index < -0.39 is 11.8 Å². The van der Waals surface area contributed by atoms with E-state index in [0.29, 0.717) is 13.1 Å². The molecule has 0 bridgehead atoms. The van der Waals surface area contributed by atoms with Crippen molar-refractivity contribution >= 4 is 29.0 Å². The highest BCUT2D eigenvalue weighted by atomic mass is 32.1. The number of hydrogen-bond donors (Lipinski definition) is 2. The summed E-state index contributed by atoms with van der Waals surface area (Å²) in [5, 5.41) is 2.40. The topological polar surface area (TPSA) is 75.4 Å². The first-order valence-corrected chi connectivity index (χ1v) is 6.08. The number of hydrogen-bond acceptors (Lipinski definition) is 3. The molecule has 0 aliphatic carbocycles. The predicted octanol–water partition coefficient (Wildman–Crippen LogP) is 0.0373. The third kappa shape index (κ3) is 4.30. The summed E-state index contributed by atoms with van der Waals surface area (Å²) in [5.41, 5.74) is 5.50. The lowest BCUT2D eigenvalue weighted by molar-refractivity contribution is -0.147. The third-order valence-corrected chi connectivity index (χ3v) is 3.17. The van der Waals surface area contributed by atoms with Gasteiger partial charge in [0.05, 0.1) is 11.5 Å². The molecule has 0 aromatic heterocycles. The molecule has 3 N–H and O–H groups in total. The monoisotopic (exact) mass is 257 g/mol. The van der Waals surface area contributed by atoms with Crippen molar-refractivity contribution in [2.75, 3.05) is 19.6 Å². The molecule has 2 amide bonds. The quantitative estimate of drug-likeness (QED) is 0.541. The van der Waals surface area contributed by atoms with Gasteiger partial charge in [-0.2, -0.15) is 0 Å². The second-order valence-electron chi connectivity index (χ2n) is 5.11. The highest BCUT2D eigenvalue weighted by molar-refractivity contribution is 7.80. The van der Waals surface area contributed by atoms with Crippen molar-refractivity contribution in [2.24, 2.45) is 11.1 Å². The van der Waals surface area contributed by atoms with E-state index in [1.807, 2.05) is 0 Å². The van der Waals surface area contributed by atoms with E-state index in [9.17, 15) is 9.59 Å². The Bertz CT molecular complexity index is 332. The SMILES string of the molecule is CC1(C)CCN(C(=O)C(=O)NCC(N)=S)CC1. The van der Waals surface area contributed by atoms with Gasteiger partial charge in [0.1, 0.15) is 0 Å². The smallest absolute Gasteiger partial charge is 0.311 e. The van der Waals surface area contributed by atoms with E-state index in [0.717, 1.165) is 12.8 Å². The van der Waals surface area contributed by atoms with Crippen molar-refractivity contribution in [1.82, 2.24) is 10.2 Å². The van der Waals surface area contributed by atoms with Crippen LogP contribution >= 0.6 is 12.2 Å². The molecule has 1 aliphatic rings. The molecule has 0 unspecified atom stereocenters. The summed E-state index contributed by atoms with van der Waals surface area (Å²) in [6, 6.07) is 0. The number of carbonyl (C=O) groups excluding carboxylic acids is 2. The summed E-state index contributed by atoms with van der Waals surface area (Å²) in [5.74, 6) is -1.12. The number of thiocarbonyl (C=S) groups is 1. The number of nitrogens with two attached hydrogens (primary N) is 1. The zero-order valence-electron chi connectivity index (χ0n) is 10.3. The largest absolute Gasteiger partial charge is 0.392 e. The van der Waals surface area contributed by atoms with Crippen molar-refractivity contribution in [2.45, 2.75) is 26.7 Å². The van der Waals surface area contributed by atoms with E-state index in [4.69, 9.17) is 5.73 Å². The number of rotatable bonds is 2. The van der Waals surface area contributed by atoms with Crippen LogP contribution in [0.25, 0.3) is 0 Å². The molecule has 1 rings (SSSR count). The second-order valence-corrected chi connectivity index (χ2v) is 5.63. The summed E-state index contributed by atoms with van der Waals surface area (Å²) in [7, 11) is 0. The molecule has 6 heteroatoms. The average molecular weight is 257 g/mol. The molecule has 1 fully saturated rings. The van der Waals surface area contributed by atoms with Gasteiger partial charge in [-0.25, -0.2) is 0 Å². The fourth-order valence-corrected chi connectivity index (χ4v) is 1.77. The third-order valence-electron chi connectivity index (χ3n) is 3.02. The molecule has 1 saturated heterocycles. The first kappa shape index (κ1) is 13.9. The average Bonchev–Trinajstić information content (AvgIpc) is 2.25. The zero-order chi connectivity index (χ0) is 13.1. The molecule has 0 saturated carbocycles. The molecular weight excluding hydrogens is 238 g/mol. The normalized spacial score (nSPS) is 18.6. The van der Waals surface area contributed by atoms with Gasteiger partial charge in [0.15, 0.2) is 0 Å². The number of likely N-dealkylation sites (tertiary alicyclic amines) is 1. The Balaban J connectivity index is 2.43. The maximum Gasteiger partial charge on any atom is 0.311 e. The lowest BCUT2D eigenvalue weighted by atomic mass is 9.82. The van der Waals surface area contributed by atoms with Gasteiger partial charge in [0.2, 0.25) is 0 Å². The first-order chi connectivity index (χ1) is 7.82. The Morgan fingerprint density at radius 1 is 1.35 bits per heavy atom. The summed E-state index contributed by atoms with van der Waals surface area (Å²) in [6.45, 7) is 5.67. The minimum absolute atomic E-state index is 0.0687. The standard InChI is InChI=1S/C11H19N3O2S/c1-11(2)3-5-14(6-4-11)10(16)9(15)13-7-8(12)17/h3-7H2,1-2H3,(H2,12,17)(H,13,15). The minimum atomic E-state index is -0.627. The molecule has 0 spiro atoms. The van der Waals surface area contributed by atoms with Crippen LogP contribution in [-0.2, 0) is 9.59 Å². The number of carbonyl (C=O) groups is 2. The van der Waals surface area contributed by atoms with Gasteiger partial charge in [0.25, 0.3) is 0 Å². The Morgan fingerprint density at radius 2 is 1.88 bits per heavy atom. The van der Waals surface area contributed by atoms with Crippen molar-refractivity contribution < 1.29 is 9.59 Å². The molecule has 0 aromatic rings. The van der Waals surface area contributed by atoms with Crippen LogP contribution in [0.5, 0.6) is 0 Å². The molecule has 1 aliphatic heterocycles. The fraction of sp³-hybridized carbons (Fsp3) is 0.727. The highest BCUT2D eigenvalue weighted by Crippen LogP contribution is 2.29. The Hall–Kier alpha value is -1.17. The van der Waals surface area contributed by atoms with Crippen LogP contribution in [0.3, 0.4) is 0 Å². The molecule has 0 aromatic carbocycles. The molecular formula is C11H19N3O2S. The van der Waals surface area contributed by atoms with E-state index >= 15 is 0 Å². The number of amides is 2. The Kier molecular flexibility index (Phi) is 4.45. The van der Waals surface area contributed by atoms with Gasteiger partial charge in [-0.15, -0.1) is 0 Å². The molecule has 0 atom stereocenters. The van der Waals surface area contributed by atoms with Crippen molar-refractivity contribution in [3.8, 4) is 0 Å². The van der Waals surface area contributed by atoms with Gasteiger partial charge < -0.3 is 16.0 Å². The van der Waals surface area contributed by atoms with Crippen molar-refractivity contribution in [1.29, 1.82) is 0 Å². The van der Waals surface area contributed by atoms with Gasteiger partial charge in [-0.3, -0.25) is 9.59 Å². The van der Waals surface area contributed by atoms with Crippen LogP contribution < -0.4 is 11.1 Å². The first-order valence-electron chi connectivity index (χ1n) is 5.67. The van der Waals surface area contributed by atoms with E-state index in [-0.39, 0.29) is 16.9 Å². The van der Waals surface area contributed by atoms with Gasteiger partial charge >= 0.3 is 11.8 Å². The van der Waals surface area contributed by atoms with Crippen LogP contribution in [-0.4, -0.2) is 41.3 Å². The summed E-state index contributed by atoms with van der Waals surface area (Å²) in [4.78, 5) is 25.0. The molecule has 96 valence electrons. The Morgan fingerprint density at radius 3 is 2.35 bits per heavy atom.